The molecule has 0 atom stereocenters. The molecular weight excluding hydrogens is 452 g/mol. The van der Waals surface area contributed by atoms with Crippen molar-refractivity contribution in [2.75, 3.05) is 5.75 Å². The summed E-state index contributed by atoms with van der Waals surface area (Å²) in [7, 11) is -0.974. The van der Waals surface area contributed by atoms with Crippen LogP contribution in [0.4, 0.5) is 17.6 Å². The summed E-state index contributed by atoms with van der Waals surface area (Å²) in [5.74, 6) is -1.15. The van der Waals surface area contributed by atoms with Crippen LogP contribution in [0.2, 0.25) is 0 Å². The predicted octanol–water partition coefficient (Wildman–Crippen LogP) is 3.38. The molecule has 0 saturated heterocycles. The van der Waals surface area contributed by atoms with Gasteiger partial charge in [0.1, 0.15) is 17.2 Å². The van der Waals surface area contributed by atoms with Crippen LogP contribution in [0.3, 0.4) is 0 Å². The zero-order valence-corrected chi connectivity index (χ0v) is 17.8. The average molecular weight is 468 g/mol. The molecule has 0 aliphatic heterocycles. The molecule has 0 fully saturated rings. The van der Waals surface area contributed by atoms with Gasteiger partial charge in [0.05, 0.1) is 28.5 Å². The Morgan fingerprint density at radius 3 is 2.41 bits per heavy atom. The van der Waals surface area contributed by atoms with Crippen LogP contribution in [-0.2, 0) is 30.1 Å². The van der Waals surface area contributed by atoms with E-state index in [1.807, 2.05) is 0 Å². The molecule has 0 saturated carbocycles. The van der Waals surface area contributed by atoms with Crippen molar-refractivity contribution in [1.29, 1.82) is 0 Å². The zero-order chi connectivity index (χ0) is 23.4. The monoisotopic (exact) mass is 468 g/mol. The van der Waals surface area contributed by atoms with Gasteiger partial charge in [-0.3, -0.25) is 0 Å². The number of aryl methyl sites for hydroxylation is 1. The smallest absolute Gasteiger partial charge is 0.324 e. The van der Waals surface area contributed by atoms with Crippen LogP contribution in [0.15, 0.2) is 35.6 Å². The van der Waals surface area contributed by atoms with Gasteiger partial charge in [-0.15, -0.1) is 0 Å². The fraction of sp³-hybridized carbons (Fsp3) is 0.263. The van der Waals surface area contributed by atoms with E-state index in [0.717, 1.165) is 12.3 Å². The van der Waals surface area contributed by atoms with Crippen LogP contribution >= 0.6 is 0 Å². The standard InChI is InChI=1S/C19H16F4N6O2S/c1-4-32(30,31)18-14(27-16(29(18)3)10-6-5-7-24-15(10)20)17-26-11-8-13(19(21,22)23)25-9-12(11)28(17)2/h5-9H,4H2,1-3H3. The fourth-order valence-electron chi connectivity index (χ4n) is 3.37. The molecule has 32 heavy (non-hydrogen) atoms. The van der Waals surface area contributed by atoms with E-state index < -0.39 is 27.7 Å². The highest BCUT2D eigenvalue weighted by Crippen LogP contribution is 2.35. The second kappa shape index (κ2) is 7.36. The Morgan fingerprint density at radius 1 is 1.06 bits per heavy atom. The lowest BCUT2D eigenvalue weighted by Crippen LogP contribution is -2.11. The Kier molecular flexibility index (Phi) is 5.03. The summed E-state index contributed by atoms with van der Waals surface area (Å²) in [4.78, 5) is 15.5. The number of hydrogen-bond donors (Lipinski definition) is 0. The Labute approximate surface area is 179 Å². The minimum atomic E-state index is -4.67. The first-order chi connectivity index (χ1) is 15.0. The van der Waals surface area contributed by atoms with Gasteiger partial charge in [-0.2, -0.15) is 17.6 Å². The molecule has 0 amide bonds. The van der Waals surface area contributed by atoms with Crippen LogP contribution in [-0.4, -0.2) is 43.2 Å². The maximum absolute atomic E-state index is 14.3. The van der Waals surface area contributed by atoms with Crippen molar-refractivity contribution in [1.82, 2.24) is 29.1 Å². The second-order valence-electron chi connectivity index (χ2n) is 6.94. The highest BCUT2D eigenvalue weighted by atomic mass is 32.2. The summed E-state index contributed by atoms with van der Waals surface area (Å²) in [6.07, 6.45) is -2.42. The number of rotatable bonds is 4. The third-order valence-electron chi connectivity index (χ3n) is 4.99. The zero-order valence-electron chi connectivity index (χ0n) is 17.0. The van der Waals surface area contributed by atoms with Crippen molar-refractivity contribution < 1.29 is 26.0 Å². The number of pyridine rings is 2. The molecule has 0 N–H and O–H groups in total. The van der Waals surface area contributed by atoms with Gasteiger partial charge in [-0.1, -0.05) is 6.92 Å². The van der Waals surface area contributed by atoms with E-state index in [0.29, 0.717) is 0 Å². The van der Waals surface area contributed by atoms with Gasteiger partial charge in [0, 0.05) is 20.3 Å². The van der Waals surface area contributed by atoms with Crippen molar-refractivity contribution in [2.45, 2.75) is 18.1 Å². The second-order valence-corrected chi connectivity index (χ2v) is 9.14. The van der Waals surface area contributed by atoms with E-state index in [1.165, 1.54) is 48.5 Å². The summed E-state index contributed by atoms with van der Waals surface area (Å²) in [6, 6.07) is 3.64. The van der Waals surface area contributed by atoms with Gasteiger partial charge in [0.2, 0.25) is 5.95 Å². The molecular formula is C19H16F4N6O2S. The van der Waals surface area contributed by atoms with Crippen LogP contribution in [0.25, 0.3) is 33.9 Å². The van der Waals surface area contributed by atoms with Crippen molar-refractivity contribution in [3.8, 4) is 22.9 Å². The highest BCUT2D eigenvalue weighted by Gasteiger charge is 2.34. The van der Waals surface area contributed by atoms with Crippen molar-refractivity contribution in [3.05, 3.63) is 42.2 Å². The van der Waals surface area contributed by atoms with Gasteiger partial charge in [0.25, 0.3) is 0 Å². The predicted molar refractivity (Wildman–Crippen MR) is 107 cm³/mol. The molecule has 4 aromatic heterocycles. The van der Waals surface area contributed by atoms with Gasteiger partial charge >= 0.3 is 6.18 Å². The molecule has 0 aliphatic carbocycles. The highest BCUT2D eigenvalue weighted by molar-refractivity contribution is 7.91. The molecule has 0 bridgehead atoms. The Balaban J connectivity index is 2.03. The molecule has 0 unspecified atom stereocenters. The Bertz CT molecular complexity index is 1460. The summed E-state index contributed by atoms with van der Waals surface area (Å²) in [5, 5.41) is -0.235. The maximum atomic E-state index is 14.3. The molecule has 0 aliphatic rings. The van der Waals surface area contributed by atoms with Crippen LogP contribution in [0.5, 0.6) is 0 Å². The number of sulfone groups is 1. The third kappa shape index (κ3) is 3.42. The Morgan fingerprint density at radius 2 is 1.78 bits per heavy atom. The number of halogens is 4. The first-order valence-corrected chi connectivity index (χ1v) is 10.9. The van der Waals surface area contributed by atoms with Gasteiger partial charge in [-0.05, 0) is 18.2 Å². The van der Waals surface area contributed by atoms with Crippen LogP contribution in [0, 0.1) is 5.95 Å². The summed E-state index contributed by atoms with van der Waals surface area (Å²) in [5.41, 5.74) is -1.07. The quantitative estimate of drug-likeness (QED) is 0.337. The number of nitrogens with zero attached hydrogens (tertiary/aromatic N) is 6. The minimum absolute atomic E-state index is 0.000650. The van der Waals surface area contributed by atoms with E-state index in [1.54, 1.807) is 0 Å². The molecule has 13 heteroatoms. The van der Waals surface area contributed by atoms with E-state index in [2.05, 4.69) is 19.9 Å². The third-order valence-corrected chi connectivity index (χ3v) is 6.80. The SMILES string of the molecule is CCS(=O)(=O)c1c(-c2nc3cc(C(F)(F)F)ncc3n2C)nc(-c2cccnc2F)n1C. The average Bonchev–Trinajstić information content (AvgIpc) is 3.25. The van der Waals surface area contributed by atoms with Crippen molar-refractivity contribution >= 4 is 20.9 Å². The topological polar surface area (TPSA) is 95.6 Å². The normalized spacial score (nSPS) is 12.6. The van der Waals surface area contributed by atoms with Crippen LogP contribution < -0.4 is 0 Å². The van der Waals surface area contributed by atoms with Crippen molar-refractivity contribution in [3.63, 3.8) is 0 Å². The number of alkyl halides is 3. The first kappa shape index (κ1) is 21.9. The fourth-order valence-corrected chi connectivity index (χ4v) is 4.58. The first-order valence-electron chi connectivity index (χ1n) is 9.26. The number of imidazole rings is 2. The van der Waals surface area contributed by atoms with E-state index in [-0.39, 0.29) is 44.7 Å². The molecule has 4 rings (SSSR count). The molecule has 0 aromatic carbocycles. The summed E-state index contributed by atoms with van der Waals surface area (Å²) in [6.45, 7) is 1.44. The molecule has 8 nitrogen and oxygen atoms in total. The van der Waals surface area contributed by atoms with Crippen LogP contribution in [0.1, 0.15) is 12.6 Å². The molecule has 4 heterocycles. The van der Waals surface area contributed by atoms with Gasteiger partial charge < -0.3 is 9.13 Å². The molecule has 168 valence electrons. The lowest BCUT2D eigenvalue weighted by Gasteiger charge is -2.07. The molecule has 4 aromatic rings. The maximum Gasteiger partial charge on any atom is 0.433 e. The van der Waals surface area contributed by atoms with Gasteiger partial charge in [0.15, 0.2) is 20.7 Å². The van der Waals surface area contributed by atoms with Gasteiger partial charge in [-0.25, -0.2) is 28.4 Å². The summed E-state index contributed by atoms with van der Waals surface area (Å²) < 4.78 is 81.9. The van der Waals surface area contributed by atoms with E-state index >= 15 is 0 Å². The lowest BCUT2D eigenvalue weighted by molar-refractivity contribution is -0.141. The number of aromatic nitrogens is 6. The number of hydrogen-bond acceptors (Lipinski definition) is 6. The molecule has 0 radical (unpaired) electrons. The number of fused-ring (bicyclic) bond motifs is 1. The molecule has 0 spiro atoms. The van der Waals surface area contributed by atoms with E-state index in [4.69, 9.17) is 0 Å². The van der Waals surface area contributed by atoms with E-state index in [9.17, 15) is 26.0 Å². The largest absolute Gasteiger partial charge is 0.433 e. The van der Waals surface area contributed by atoms with Crippen molar-refractivity contribution in [2.24, 2.45) is 14.1 Å². The Hall–Kier alpha value is -3.35. The lowest BCUT2D eigenvalue weighted by atomic mass is 10.2. The summed E-state index contributed by atoms with van der Waals surface area (Å²) >= 11 is 0. The minimum Gasteiger partial charge on any atom is -0.324 e.